The second-order valence-corrected chi connectivity index (χ2v) is 13.9. The van der Waals surface area contributed by atoms with E-state index in [4.69, 9.17) is 51.3 Å². The van der Waals surface area contributed by atoms with Gasteiger partial charge in [0.1, 0.15) is 24.1 Å². The van der Waals surface area contributed by atoms with Crippen LogP contribution in [0.2, 0.25) is 0 Å². The number of hydrogen-bond acceptors (Lipinski definition) is 16. The second kappa shape index (κ2) is 28.2. The van der Waals surface area contributed by atoms with Crippen molar-refractivity contribution in [3.63, 3.8) is 0 Å². The van der Waals surface area contributed by atoms with Crippen LogP contribution in [-0.2, 0) is 33.3 Å². The van der Waals surface area contributed by atoms with Gasteiger partial charge in [-0.25, -0.2) is 18.7 Å². The van der Waals surface area contributed by atoms with Crippen molar-refractivity contribution in [2.24, 2.45) is 5.11 Å². The predicted octanol–water partition coefficient (Wildman–Crippen LogP) is 3.58. The first-order chi connectivity index (χ1) is 29.7. The monoisotopic (exact) mass is 907 g/mol. The molecule has 2 aromatic rings. The van der Waals surface area contributed by atoms with E-state index in [2.05, 4.69) is 25.8 Å². The number of rotatable bonds is 29. The van der Waals surface area contributed by atoms with Gasteiger partial charge in [0.25, 0.3) is 0 Å². The lowest BCUT2D eigenvalue weighted by Crippen LogP contribution is -2.59. The van der Waals surface area contributed by atoms with Crippen LogP contribution in [0.4, 0.5) is 23.2 Å². The molecule has 1 aliphatic rings. The number of hydrogen-bond donors (Lipinski definition) is 8. The number of carboxylic acids is 1. The van der Waals surface area contributed by atoms with Crippen LogP contribution < -0.4 is 25.4 Å². The number of carbonyl (C=O) groups excluding carboxylic acids is 1. The molecule has 346 valence electrons. The Balaban J connectivity index is 1.14. The number of aliphatic carboxylic acids is 1. The number of allylic oxidation sites excluding steroid dienone is 1. The molecule has 1 aliphatic heterocycles. The molecule has 5 atom stereocenters. The molecule has 0 aliphatic carbocycles. The van der Waals surface area contributed by atoms with Crippen LogP contribution in [0.5, 0.6) is 11.5 Å². The molecule has 0 amide bonds. The van der Waals surface area contributed by atoms with Crippen molar-refractivity contribution in [1.29, 1.82) is 5.53 Å². The number of nitrogens with zero attached hydrogens (tertiary/aromatic N) is 1. The molecule has 62 heavy (non-hydrogen) atoms. The lowest BCUT2D eigenvalue weighted by Gasteiger charge is -2.40. The van der Waals surface area contributed by atoms with E-state index in [0.717, 1.165) is 19.8 Å². The van der Waals surface area contributed by atoms with Crippen LogP contribution in [0.15, 0.2) is 41.3 Å². The first-order valence-electron chi connectivity index (χ1n) is 19.6. The maximum absolute atomic E-state index is 14.0. The lowest BCUT2D eigenvalue weighted by molar-refractivity contribution is -0.273. The Kier molecular flexibility index (Phi) is 23.5. The van der Waals surface area contributed by atoms with Gasteiger partial charge in [-0.1, -0.05) is 0 Å². The van der Waals surface area contributed by atoms with E-state index >= 15 is 0 Å². The molecule has 1 saturated heterocycles. The number of nitrogens with one attached hydrogen (secondary N) is 4. The number of esters is 1. The molecule has 1 fully saturated rings. The van der Waals surface area contributed by atoms with Crippen molar-refractivity contribution >= 4 is 35.0 Å². The predicted molar refractivity (Wildman–Crippen MR) is 214 cm³/mol. The summed E-state index contributed by atoms with van der Waals surface area (Å²) >= 11 is 5.36. The fourth-order valence-corrected chi connectivity index (χ4v) is 5.67. The minimum absolute atomic E-state index is 0.0762. The maximum atomic E-state index is 14.0. The first kappa shape index (κ1) is 51.8. The average Bonchev–Trinajstić information content (AvgIpc) is 3.25. The van der Waals surface area contributed by atoms with E-state index in [1.54, 1.807) is 30.5 Å². The Morgan fingerprint density at radius 2 is 1.44 bits per heavy atom. The standard InChI is InChI=1S/C39H53F4N5O13S/c1-23-30(40)32(42)33(43)37(31(23)41)61-29(51)11-14-55-16-18-57-20-21-58-19-17-56-15-13-45-22-25(48-44)4-2-3-12-46-39(62)47-24-5-7-26(8-6-24)59-38-36(54)35(53)34(52)27(60-38)9-10-28(49)50/h5-8,22,27,34-36,38,44-45,52-54H,2-4,9-21H2,1H3,(H,49,50)(H2,46,47,62)/b25-22-,48-44?/t27-,34-,35+,36+,38?/m1/s1. The van der Waals surface area contributed by atoms with Gasteiger partial charge in [0, 0.05) is 37.0 Å². The normalized spacial score (nSPS) is 18.8. The van der Waals surface area contributed by atoms with Crippen molar-refractivity contribution in [3.8, 4) is 11.5 Å². The van der Waals surface area contributed by atoms with Crippen molar-refractivity contribution in [1.82, 2.24) is 10.6 Å². The van der Waals surface area contributed by atoms with Crippen LogP contribution >= 0.6 is 12.2 Å². The highest BCUT2D eigenvalue weighted by molar-refractivity contribution is 7.80. The van der Waals surface area contributed by atoms with Gasteiger partial charge in [-0.2, -0.15) is 9.50 Å². The Morgan fingerprint density at radius 3 is 2.06 bits per heavy atom. The molecular formula is C39H53F4N5O13S. The summed E-state index contributed by atoms with van der Waals surface area (Å²) < 4.78 is 91.8. The van der Waals surface area contributed by atoms with Crippen LogP contribution in [0.3, 0.4) is 0 Å². The Morgan fingerprint density at radius 1 is 0.806 bits per heavy atom. The van der Waals surface area contributed by atoms with Gasteiger partial charge in [0.2, 0.25) is 17.9 Å². The number of anilines is 1. The molecule has 2 aromatic carbocycles. The summed E-state index contributed by atoms with van der Waals surface area (Å²) in [4.78, 5) is 22.7. The van der Waals surface area contributed by atoms with E-state index in [-0.39, 0.29) is 45.7 Å². The van der Waals surface area contributed by atoms with E-state index < -0.39 is 77.2 Å². The molecule has 0 bridgehead atoms. The zero-order valence-electron chi connectivity index (χ0n) is 33.9. The van der Waals surface area contributed by atoms with Gasteiger partial charge in [-0.15, -0.1) is 0 Å². The number of benzene rings is 2. The summed E-state index contributed by atoms with van der Waals surface area (Å²) in [5.74, 6) is -10.3. The number of thiocarbonyl (C=S) groups is 1. The molecule has 0 saturated carbocycles. The van der Waals surface area contributed by atoms with Gasteiger partial charge in [0.15, 0.2) is 22.6 Å². The molecule has 8 N–H and O–H groups in total. The summed E-state index contributed by atoms with van der Waals surface area (Å²) in [6.45, 7) is 3.72. The van der Waals surface area contributed by atoms with E-state index in [1.807, 2.05) is 0 Å². The van der Waals surface area contributed by atoms with E-state index in [1.165, 1.54) is 0 Å². The average molecular weight is 908 g/mol. The molecule has 0 aromatic heterocycles. The summed E-state index contributed by atoms with van der Waals surface area (Å²) in [6, 6.07) is 6.52. The lowest BCUT2D eigenvalue weighted by atomic mass is 9.96. The van der Waals surface area contributed by atoms with Gasteiger partial charge in [-0.3, -0.25) is 9.59 Å². The van der Waals surface area contributed by atoms with Crippen LogP contribution in [-0.4, -0.2) is 134 Å². The number of aliphatic hydroxyl groups excluding tert-OH is 3. The molecule has 0 spiro atoms. The van der Waals surface area contributed by atoms with Crippen molar-refractivity contribution in [2.45, 2.75) is 76.2 Å². The molecule has 1 heterocycles. The third-order valence-corrected chi connectivity index (χ3v) is 9.10. The molecule has 1 unspecified atom stereocenters. The molecule has 18 nitrogen and oxygen atoms in total. The highest BCUT2D eigenvalue weighted by Crippen LogP contribution is 2.30. The van der Waals surface area contributed by atoms with E-state index in [0.29, 0.717) is 68.2 Å². The summed E-state index contributed by atoms with van der Waals surface area (Å²) in [7, 11) is 0. The highest BCUT2D eigenvalue weighted by Gasteiger charge is 2.45. The third-order valence-electron chi connectivity index (χ3n) is 8.85. The minimum atomic E-state index is -1.94. The van der Waals surface area contributed by atoms with Crippen molar-refractivity contribution in [2.75, 3.05) is 71.3 Å². The smallest absolute Gasteiger partial charge is 0.313 e. The van der Waals surface area contributed by atoms with Crippen LogP contribution in [0.1, 0.15) is 44.1 Å². The van der Waals surface area contributed by atoms with Crippen molar-refractivity contribution in [3.05, 3.63) is 65.0 Å². The Hall–Kier alpha value is -4.59. The zero-order chi connectivity index (χ0) is 45.4. The van der Waals surface area contributed by atoms with Crippen LogP contribution in [0, 0.1) is 35.7 Å². The molecule has 0 radical (unpaired) electrons. The summed E-state index contributed by atoms with van der Waals surface area (Å²) in [5, 5.41) is 52.7. The van der Waals surface area contributed by atoms with Gasteiger partial charge in [0.05, 0.1) is 71.1 Å². The fourth-order valence-electron chi connectivity index (χ4n) is 5.45. The van der Waals surface area contributed by atoms with Gasteiger partial charge < -0.3 is 69.5 Å². The van der Waals surface area contributed by atoms with Crippen molar-refractivity contribution < 1.29 is 80.7 Å². The zero-order valence-corrected chi connectivity index (χ0v) is 34.7. The van der Waals surface area contributed by atoms with Gasteiger partial charge >= 0.3 is 11.9 Å². The highest BCUT2D eigenvalue weighted by atomic mass is 32.1. The van der Waals surface area contributed by atoms with E-state index in [9.17, 15) is 42.5 Å². The molecular weight excluding hydrogens is 855 g/mol. The van der Waals surface area contributed by atoms with Crippen LogP contribution in [0.25, 0.3) is 0 Å². The second-order valence-electron chi connectivity index (χ2n) is 13.5. The summed E-state index contributed by atoms with van der Waals surface area (Å²) in [5.41, 5.74) is 7.83. The largest absolute Gasteiger partial charge is 0.481 e. The number of ether oxygens (including phenoxy) is 7. The fraction of sp³-hybridized carbons (Fsp3) is 0.564. The topological polar surface area (TPSA) is 252 Å². The molecule has 23 heteroatoms. The van der Waals surface area contributed by atoms with Gasteiger partial charge in [-0.05, 0) is 69.1 Å². The number of halogens is 4. The maximum Gasteiger partial charge on any atom is 0.313 e. The Labute approximate surface area is 360 Å². The quantitative estimate of drug-likeness (QED) is 0.00849. The number of unbranched alkanes of at least 4 members (excludes halogenated alkanes) is 1. The summed E-state index contributed by atoms with van der Waals surface area (Å²) in [6.07, 6.45) is -4.01. The third kappa shape index (κ3) is 18.0. The number of carboxylic acid groups (broad SMARTS) is 1. The number of carbonyl (C=O) groups is 2. The number of aliphatic hydroxyl groups is 3. The minimum Gasteiger partial charge on any atom is -0.481 e. The Bertz CT molecular complexity index is 1740. The SMILES string of the molecule is Cc1c(F)c(F)c(F)c(OC(=O)CCOCCOCCOCCOCCN/C=C(/CCCCNC(=S)Nc2ccc(OC3O[C@H](CCC(=O)O)[C@@H](O)[C@H](O)[C@@H]3O)cc2)N=N)c1F. The molecule has 3 rings (SSSR count). The first-order valence-corrected chi connectivity index (χ1v) is 20.0.